The van der Waals surface area contributed by atoms with Gasteiger partial charge in [-0.2, -0.15) is 0 Å². The number of rotatable bonds is 3. The largest absolute Gasteiger partial charge is 0.378 e. The number of nitrogens with one attached hydrogen (secondary N) is 1. The molecule has 0 spiro atoms. The molecular weight excluding hydrogens is 273 g/mol. The first-order valence-corrected chi connectivity index (χ1v) is 7.21. The second kappa shape index (κ2) is 5.27. The van der Waals surface area contributed by atoms with Gasteiger partial charge in [-0.05, 0) is 39.1 Å². The van der Waals surface area contributed by atoms with Gasteiger partial charge in [0.05, 0.1) is 5.69 Å². The third-order valence-electron chi connectivity index (χ3n) is 4.18. The number of aliphatic hydroxyl groups is 1. The van der Waals surface area contributed by atoms with E-state index < -0.39 is 12.0 Å². The summed E-state index contributed by atoms with van der Waals surface area (Å²) in [5.74, 6) is -0.872. The van der Waals surface area contributed by atoms with Gasteiger partial charge in [0, 0.05) is 30.4 Å². The van der Waals surface area contributed by atoms with E-state index in [1.54, 1.807) is 6.07 Å². The van der Waals surface area contributed by atoms with E-state index in [0.29, 0.717) is 16.9 Å². The molecule has 0 aromatic heterocycles. The maximum absolute atomic E-state index is 14.4. The van der Waals surface area contributed by atoms with Crippen molar-refractivity contribution in [3.05, 3.63) is 23.5 Å². The lowest BCUT2D eigenvalue weighted by Crippen LogP contribution is -2.38. The van der Waals surface area contributed by atoms with Gasteiger partial charge in [-0.25, -0.2) is 4.39 Å². The third kappa shape index (κ3) is 2.49. The minimum Gasteiger partial charge on any atom is -0.378 e. The van der Waals surface area contributed by atoms with Crippen LogP contribution in [0.2, 0.25) is 0 Å². The molecular formula is C15H20FN3O2. The quantitative estimate of drug-likeness (QED) is 0.883. The maximum atomic E-state index is 14.4. The summed E-state index contributed by atoms with van der Waals surface area (Å²) in [6.45, 7) is 1.68. The lowest BCUT2D eigenvalue weighted by atomic mass is 10.1. The molecule has 3 rings (SSSR count). The van der Waals surface area contributed by atoms with Crippen molar-refractivity contribution in [3.8, 4) is 0 Å². The summed E-state index contributed by atoms with van der Waals surface area (Å²) >= 11 is 0. The molecule has 1 saturated heterocycles. The number of halogens is 1. The molecule has 0 radical (unpaired) electrons. The number of carbonyl (C=O) groups is 1. The Morgan fingerprint density at radius 1 is 1.48 bits per heavy atom. The molecule has 2 aliphatic rings. The van der Waals surface area contributed by atoms with Gasteiger partial charge < -0.3 is 20.2 Å². The zero-order valence-corrected chi connectivity index (χ0v) is 12.3. The van der Waals surface area contributed by atoms with Crippen LogP contribution in [0.3, 0.4) is 0 Å². The molecule has 2 atom stereocenters. The van der Waals surface area contributed by atoms with Crippen LogP contribution in [0.15, 0.2) is 12.1 Å². The van der Waals surface area contributed by atoms with Crippen LogP contribution in [-0.4, -0.2) is 49.1 Å². The predicted molar refractivity (Wildman–Crippen MR) is 78.9 cm³/mol. The standard InChI is InChI=1S/C15H20FN3O2/c1-18(2)8-9-4-3-5-19(9)13-7-12-10(6-11(13)16)14(20)15(21)17-12/h6-7,9,14,20H,3-5,8H2,1-2H3,(H,17,21). The summed E-state index contributed by atoms with van der Waals surface area (Å²) < 4.78 is 14.4. The summed E-state index contributed by atoms with van der Waals surface area (Å²) in [4.78, 5) is 15.6. The molecule has 1 aromatic rings. The van der Waals surface area contributed by atoms with Crippen LogP contribution in [0.5, 0.6) is 0 Å². The van der Waals surface area contributed by atoms with Gasteiger partial charge in [-0.15, -0.1) is 0 Å². The zero-order valence-electron chi connectivity index (χ0n) is 12.3. The van der Waals surface area contributed by atoms with Gasteiger partial charge in [-0.1, -0.05) is 0 Å². The topological polar surface area (TPSA) is 55.8 Å². The lowest BCUT2D eigenvalue weighted by molar-refractivity contribution is -0.123. The average Bonchev–Trinajstić information content (AvgIpc) is 2.96. The van der Waals surface area contributed by atoms with E-state index >= 15 is 0 Å². The van der Waals surface area contributed by atoms with Crippen molar-refractivity contribution in [2.45, 2.75) is 25.0 Å². The summed E-state index contributed by atoms with van der Waals surface area (Å²) in [5.41, 5.74) is 1.34. The second-order valence-corrected chi connectivity index (χ2v) is 6.03. The van der Waals surface area contributed by atoms with Crippen molar-refractivity contribution >= 4 is 17.3 Å². The molecule has 1 aromatic carbocycles. The van der Waals surface area contributed by atoms with Crippen molar-refractivity contribution in [2.24, 2.45) is 0 Å². The van der Waals surface area contributed by atoms with E-state index in [1.807, 2.05) is 14.1 Å². The number of benzene rings is 1. The molecule has 21 heavy (non-hydrogen) atoms. The average molecular weight is 293 g/mol. The third-order valence-corrected chi connectivity index (χ3v) is 4.18. The number of hydrogen-bond donors (Lipinski definition) is 2. The van der Waals surface area contributed by atoms with Crippen molar-refractivity contribution in [3.63, 3.8) is 0 Å². The van der Waals surface area contributed by atoms with Gasteiger partial charge in [0.1, 0.15) is 5.82 Å². The van der Waals surface area contributed by atoms with Gasteiger partial charge in [0.2, 0.25) is 0 Å². The first-order chi connectivity index (χ1) is 9.97. The number of anilines is 2. The van der Waals surface area contributed by atoms with Crippen LogP contribution in [-0.2, 0) is 4.79 Å². The molecule has 2 heterocycles. The Bertz CT molecular complexity index is 576. The second-order valence-electron chi connectivity index (χ2n) is 6.03. The lowest BCUT2D eigenvalue weighted by Gasteiger charge is -2.29. The Labute approximate surface area is 123 Å². The monoisotopic (exact) mass is 293 g/mol. The minimum atomic E-state index is -1.26. The van der Waals surface area contributed by atoms with Gasteiger partial charge in [0.15, 0.2) is 6.10 Å². The highest BCUT2D eigenvalue weighted by atomic mass is 19.1. The molecule has 114 valence electrons. The normalized spacial score (nSPS) is 24.6. The van der Waals surface area contributed by atoms with E-state index in [1.165, 1.54) is 6.07 Å². The Kier molecular flexibility index (Phi) is 3.59. The molecule has 0 aliphatic carbocycles. The minimum absolute atomic E-state index is 0.273. The first kappa shape index (κ1) is 14.3. The molecule has 2 aliphatic heterocycles. The smallest absolute Gasteiger partial charge is 0.257 e. The number of hydrogen-bond acceptors (Lipinski definition) is 4. The Morgan fingerprint density at radius 3 is 2.95 bits per heavy atom. The molecule has 0 bridgehead atoms. The van der Waals surface area contributed by atoms with Crippen molar-refractivity contribution < 1.29 is 14.3 Å². The molecule has 0 saturated carbocycles. The maximum Gasteiger partial charge on any atom is 0.257 e. The molecule has 5 nitrogen and oxygen atoms in total. The number of carbonyl (C=O) groups excluding carboxylic acids is 1. The number of likely N-dealkylation sites (N-methyl/N-ethyl adjacent to an activating group) is 1. The molecule has 1 amide bonds. The van der Waals surface area contributed by atoms with E-state index in [9.17, 15) is 14.3 Å². The predicted octanol–water partition coefficient (Wildman–Crippen LogP) is 1.34. The van der Waals surface area contributed by atoms with Gasteiger partial charge in [-0.3, -0.25) is 4.79 Å². The van der Waals surface area contributed by atoms with Crippen LogP contribution in [0, 0.1) is 5.82 Å². The fourth-order valence-corrected chi connectivity index (χ4v) is 3.24. The first-order valence-electron chi connectivity index (χ1n) is 7.21. The fourth-order valence-electron chi connectivity index (χ4n) is 3.24. The summed E-state index contributed by atoms with van der Waals surface area (Å²) in [6, 6.07) is 3.19. The zero-order chi connectivity index (χ0) is 15.1. The highest BCUT2D eigenvalue weighted by molar-refractivity contribution is 6.02. The van der Waals surface area contributed by atoms with E-state index in [0.717, 1.165) is 25.9 Å². The fraction of sp³-hybridized carbons (Fsp3) is 0.533. The SMILES string of the molecule is CN(C)CC1CCCN1c1cc2c(cc1F)C(O)C(=O)N2. The van der Waals surface area contributed by atoms with Crippen LogP contribution < -0.4 is 10.2 Å². The number of amides is 1. The summed E-state index contributed by atoms with van der Waals surface area (Å²) in [6.07, 6.45) is 0.799. The summed E-state index contributed by atoms with van der Waals surface area (Å²) in [7, 11) is 4.01. The molecule has 2 N–H and O–H groups in total. The molecule has 1 fully saturated rings. The van der Waals surface area contributed by atoms with Crippen LogP contribution >= 0.6 is 0 Å². The highest BCUT2D eigenvalue weighted by Gasteiger charge is 2.33. The molecule has 2 unspecified atom stereocenters. The van der Waals surface area contributed by atoms with Crippen molar-refractivity contribution in [2.75, 3.05) is 37.4 Å². The van der Waals surface area contributed by atoms with E-state index in [-0.39, 0.29) is 11.9 Å². The Morgan fingerprint density at radius 2 is 2.24 bits per heavy atom. The van der Waals surface area contributed by atoms with Crippen LogP contribution in [0.25, 0.3) is 0 Å². The van der Waals surface area contributed by atoms with Crippen molar-refractivity contribution in [1.82, 2.24) is 4.90 Å². The van der Waals surface area contributed by atoms with Crippen molar-refractivity contribution in [1.29, 1.82) is 0 Å². The highest BCUT2D eigenvalue weighted by Crippen LogP contribution is 2.38. The van der Waals surface area contributed by atoms with Crippen LogP contribution in [0.1, 0.15) is 24.5 Å². The van der Waals surface area contributed by atoms with E-state index in [4.69, 9.17) is 0 Å². The number of fused-ring (bicyclic) bond motifs is 1. The van der Waals surface area contributed by atoms with Crippen LogP contribution in [0.4, 0.5) is 15.8 Å². The Hall–Kier alpha value is -1.66. The van der Waals surface area contributed by atoms with E-state index in [2.05, 4.69) is 15.1 Å². The number of aliphatic hydroxyl groups excluding tert-OH is 1. The summed E-state index contributed by atoms with van der Waals surface area (Å²) in [5, 5.41) is 12.3. The Balaban J connectivity index is 1.93. The van der Waals surface area contributed by atoms with Gasteiger partial charge in [0.25, 0.3) is 5.91 Å². The number of nitrogens with zero attached hydrogens (tertiary/aromatic N) is 2. The molecule has 6 heteroatoms. The van der Waals surface area contributed by atoms with Gasteiger partial charge >= 0.3 is 0 Å².